The highest BCUT2D eigenvalue weighted by Crippen LogP contribution is 2.19. The molecule has 1 aromatic rings. The minimum atomic E-state index is 0.498. The maximum absolute atomic E-state index is 8.84. The Hall–Kier alpha value is -1.33. The van der Waals surface area contributed by atoms with E-state index in [9.17, 15) is 0 Å². The van der Waals surface area contributed by atoms with Crippen LogP contribution in [0.2, 0.25) is 0 Å². The van der Waals surface area contributed by atoms with E-state index in [2.05, 4.69) is 41.3 Å². The average Bonchev–Trinajstić information content (AvgIpc) is 2.39. The maximum atomic E-state index is 8.84. The maximum Gasteiger partial charge on any atom is 0.0638 e. The van der Waals surface area contributed by atoms with Crippen molar-refractivity contribution >= 4 is 0 Å². The number of rotatable bonds is 4. The molecule has 0 radical (unpaired) electrons. The van der Waals surface area contributed by atoms with Gasteiger partial charge in [0.05, 0.1) is 12.5 Å². The van der Waals surface area contributed by atoms with Gasteiger partial charge in [-0.3, -0.25) is 4.90 Å². The molecule has 1 aliphatic heterocycles. The zero-order chi connectivity index (χ0) is 11.9. The summed E-state index contributed by atoms with van der Waals surface area (Å²) in [6.07, 6.45) is 5.56. The van der Waals surface area contributed by atoms with Crippen molar-refractivity contribution in [3.8, 4) is 6.07 Å². The Kier molecular flexibility index (Phi) is 4.58. The second kappa shape index (κ2) is 6.42. The molecule has 2 rings (SSSR count). The van der Waals surface area contributed by atoms with E-state index < -0.39 is 0 Å². The minimum absolute atomic E-state index is 0.498. The van der Waals surface area contributed by atoms with E-state index >= 15 is 0 Å². The molecule has 1 saturated heterocycles. The SMILES string of the molecule is N#CCC1CCCCN1CCc1ccccc1. The van der Waals surface area contributed by atoms with E-state index in [1.165, 1.54) is 31.4 Å². The highest BCUT2D eigenvalue weighted by atomic mass is 15.2. The van der Waals surface area contributed by atoms with Gasteiger partial charge in [-0.2, -0.15) is 5.26 Å². The summed E-state index contributed by atoms with van der Waals surface area (Å²) < 4.78 is 0. The monoisotopic (exact) mass is 228 g/mol. The van der Waals surface area contributed by atoms with Crippen LogP contribution >= 0.6 is 0 Å². The summed E-state index contributed by atoms with van der Waals surface area (Å²) >= 11 is 0. The van der Waals surface area contributed by atoms with E-state index in [0.29, 0.717) is 12.5 Å². The number of hydrogen-bond donors (Lipinski definition) is 0. The molecule has 1 unspecified atom stereocenters. The quantitative estimate of drug-likeness (QED) is 0.792. The van der Waals surface area contributed by atoms with Crippen molar-refractivity contribution in [3.63, 3.8) is 0 Å². The van der Waals surface area contributed by atoms with Crippen molar-refractivity contribution in [2.45, 2.75) is 38.1 Å². The predicted octanol–water partition coefficient (Wildman–Crippen LogP) is 3.00. The Morgan fingerprint density at radius 1 is 1.24 bits per heavy atom. The number of likely N-dealkylation sites (tertiary alicyclic amines) is 1. The van der Waals surface area contributed by atoms with Crippen LogP contribution in [0.3, 0.4) is 0 Å². The average molecular weight is 228 g/mol. The molecule has 1 fully saturated rings. The van der Waals surface area contributed by atoms with Gasteiger partial charge < -0.3 is 0 Å². The van der Waals surface area contributed by atoms with Crippen LogP contribution in [0.25, 0.3) is 0 Å². The molecule has 0 aliphatic carbocycles. The van der Waals surface area contributed by atoms with Crippen molar-refractivity contribution in [1.82, 2.24) is 4.90 Å². The molecule has 1 atom stereocenters. The molecule has 1 aromatic carbocycles. The minimum Gasteiger partial charge on any atom is -0.299 e. The first-order valence-electron chi connectivity index (χ1n) is 6.55. The largest absolute Gasteiger partial charge is 0.299 e. The molecule has 0 spiro atoms. The van der Waals surface area contributed by atoms with Crippen molar-refractivity contribution in [1.29, 1.82) is 5.26 Å². The number of piperidine rings is 1. The van der Waals surface area contributed by atoms with Crippen molar-refractivity contribution < 1.29 is 0 Å². The first-order valence-corrected chi connectivity index (χ1v) is 6.55. The molecular formula is C15H20N2. The summed E-state index contributed by atoms with van der Waals surface area (Å²) in [5.74, 6) is 0. The van der Waals surface area contributed by atoms with Crippen LogP contribution in [0.15, 0.2) is 30.3 Å². The highest BCUT2D eigenvalue weighted by molar-refractivity contribution is 5.14. The van der Waals surface area contributed by atoms with Gasteiger partial charge in [-0.05, 0) is 31.4 Å². The van der Waals surface area contributed by atoms with Crippen LogP contribution < -0.4 is 0 Å². The lowest BCUT2D eigenvalue weighted by Gasteiger charge is -2.34. The first-order chi connectivity index (χ1) is 8.40. The lowest BCUT2D eigenvalue weighted by atomic mass is 9.99. The smallest absolute Gasteiger partial charge is 0.0638 e. The van der Waals surface area contributed by atoms with Crippen LogP contribution in [0, 0.1) is 11.3 Å². The van der Waals surface area contributed by atoms with Crippen molar-refractivity contribution in [2.24, 2.45) is 0 Å². The zero-order valence-corrected chi connectivity index (χ0v) is 10.3. The summed E-state index contributed by atoms with van der Waals surface area (Å²) in [6, 6.07) is 13.4. The van der Waals surface area contributed by atoms with Crippen molar-refractivity contribution in [3.05, 3.63) is 35.9 Å². The van der Waals surface area contributed by atoms with E-state index in [1.807, 2.05) is 0 Å². The van der Waals surface area contributed by atoms with Crippen LogP contribution in [0.5, 0.6) is 0 Å². The summed E-state index contributed by atoms with van der Waals surface area (Å²) in [4.78, 5) is 2.50. The molecule has 0 saturated carbocycles. The van der Waals surface area contributed by atoms with Gasteiger partial charge in [0.1, 0.15) is 0 Å². The molecular weight excluding hydrogens is 208 g/mol. The molecule has 0 bridgehead atoms. The summed E-state index contributed by atoms with van der Waals surface area (Å²) in [5.41, 5.74) is 1.40. The van der Waals surface area contributed by atoms with E-state index in [-0.39, 0.29) is 0 Å². The molecule has 2 heteroatoms. The lowest BCUT2D eigenvalue weighted by Crippen LogP contribution is -2.40. The third-order valence-corrected chi connectivity index (χ3v) is 3.61. The van der Waals surface area contributed by atoms with Crippen LogP contribution in [0.1, 0.15) is 31.2 Å². The Morgan fingerprint density at radius 3 is 2.82 bits per heavy atom. The molecule has 1 heterocycles. The molecule has 0 N–H and O–H groups in total. The number of benzene rings is 1. The third-order valence-electron chi connectivity index (χ3n) is 3.61. The molecule has 90 valence electrons. The van der Waals surface area contributed by atoms with E-state index in [1.54, 1.807) is 0 Å². The van der Waals surface area contributed by atoms with Gasteiger partial charge in [0.2, 0.25) is 0 Å². The molecule has 1 aliphatic rings. The molecule has 17 heavy (non-hydrogen) atoms. The van der Waals surface area contributed by atoms with Crippen LogP contribution in [0.4, 0.5) is 0 Å². The lowest BCUT2D eigenvalue weighted by molar-refractivity contribution is 0.152. The third kappa shape index (κ3) is 3.57. The summed E-state index contributed by atoms with van der Waals surface area (Å²) in [7, 11) is 0. The van der Waals surface area contributed by atoms with Gasteiger partial charge in [-0.15, -0.1) is 0 Å². The van der Waals surface area contributed by atoms with Crippen LogP contribution in [-0.4, -0.2) is 24.0 Å². The molecule has 2 nitrogen and oxygen atoms in total. The van der Waals surface area contributed by atoms with Gasteiger partial charge in [0.15, 0.2) is 0 Å². The van der Waals surface area contributed by atoms with E-state index in [4.69, 9.17) is 5.26 Å². The molecule has 0 amide bonds. The number of nitrogens with zero attached hydrogens (tertiary/aromatic N) is 2. The standard InChI is InChI=1S/C15H20N2/c16-11-9-15-8-4-5-12-17(15)13-10-14-6-2-1-3-7-14/h1-3,6-7,15H,4-5,8-10,12-13H2. The fourth-order valence-corrected chi connectivity index (χ4v) is 2.61. The van der Waals surface area contributed by atoms with Gasteiger partial charge in [0.25, 0.3) is 0 Å². The first kappa shape index (κ1) is 12.1. The normalized spacial score (nSPS) is 21.0. The fourth-order valence-electron chi connectivity index (χ4n) is 2.61. The van der Waals surface area contributed by atoms with E-state index in [0.717, 1.165) is 13.0 Å². The summed E-state index contributed by atoms with van der Waals surface area (Å²) in [6.45, 7) is 2.26. The van der Waals surface area contributed by atoms with Crippen molar-refractivity contribution in [2.75, 3.05) is 13.1 Å². The molecule has 0 aromatic heterocycles. The topological polar surface area (TPSA) is 27.0 Å². The Bertz CT molecular complexity index is 366. The van der Waals surface area contributed by atoms with Gasteiger partial charge in [0, 0.05) is 12.6 Å². The van der Waals surface area contributed by atoms with Crippen LogP contribution in [-0.2, 0) is 6.42 Å². The number of hydrogen-bond acceptors (Lipinski definition) is 2. The second-order valence-corrected chi connectivity index (χ2v) is 4.78. The Labute approximate surface area is 104 Å². The fraction of sp³-hybridized carbons (Fsp3) is 0.533. The summed E-state index contributed by atoms with van der Waals surface area (Å²) in [5, 5.41) is 8.84. The Morgan fingerprint density at radius 2 is 2.06 bits per heavy atom. The number of nitriles is 1. The zero-order valence-electron chi connectivity index (χ0n) is 10.3. The van der Waals surface area contributed by atoms with Gasteiger partial charge in [-0.1, -0.05) is 36.8 Å². The van der Waals surface area contributed by atoms with Gasteiger partial charge in [-0.25, -0.2) is 0 Å². The highest BCUT2D eigenvalue weighted by Gasteiger charge is 2.21. The predicted molar refractivity (Wildman–Crippen MR) is 69.6 cm³/mol. The Balaban J connectivity index is 1.86. The second-order valence-electron chi connectivity index (χ2n) is 4.78. The van der Waals surface area contributed by atoms with Gasteiger partial charge >= 0.3 is 0 Å².